The summed E-state index contributed by atoms with van der Waals surface area (Å²) in [5, 5.41) is 7.62. The topological polar surface area (TPSA) is 89.2 Å². The fraction of sp³-hybridized carbons (Fsp3) is 0.458. The average molecular weight is 434 g/mol. The second-order valence-electron chi connectivity index (χ2n) is 8.71. The maximum atomic E-state index is 12.8. The number of nitrogens with one attached hydrogen (secondary N) is 3. The van der Waals surface area contributed by atoms with Gasteiger partial charge in [-0.15, -0.1) is 0 Å². The number of nitrogens with zero attached hydrogens (tertiary/aromatic N) is 4. The molecule has 3 N–H and O–H groups in total. The summed E-state index contributed by atoms with van der Waals surface area (Å²) < 4.78 is 0. The summed E-state index contributed by atoms with van der Waals surface area (Å²) in [7, 11) is 0. The fourth-order valence-electron chi connectivity index (χ4n) is 4.89. The fourth-order valence-corrected chi connectivity index (χ4v) is 4.89. The van der Waals surface area contributed by atoms with E-state index in [9.17, 15) is 4.79 Å². The molecule has 1 amide bonds. The first-order chi connectivity index (χ1) is 15.8. The molecular formula is C24H31N7O. The van der Waals surface area contributed by atoms with Gasteiger partial charge in [-0.25, -0.2) is 9.97 Å². The van der Waals surface area contributed by atoms with E-state index < -0.39 is 0 Å². The lowest BCUT2D eigenvalue weighted by Crippen LogP contribution is -2.49. The minimum absolute atomic E-state index is 0.0276. The molecule has 168 valence electrons. The van der Waals surface area contributed by atoms with Gasteiger partial charge < -0.3 is 25.4 Å². The van der Waals surface area contributed by atoms with Crippen molar-refractivity contribution in [2.45, 2.75) is 38.1 Å². The van der Waals surface area contributed by atoms with Crippen molar-refractivity contribution in [2.24, 2.45) is 0 Å². The molecule has 0 aliphatic carbocycles. The van der Waals surface area contributed by atoms with E-state index >= 15 is 0 Å². The molecule has 2 aromatic heterocycles. The molecule has 4 heterocycles. The molecule has 0 bridgehead atoms. The molecule has 32 heavy (non-hydrogen) atoms. The minimum Gasteiger partial charge on any atom is -0.374 e. The number of amides is 1. The molecule has 3 aromatic rings. The van der Waals surface area contributed by atoms with E-state index in [1.165, 1.54) is 24.9 Å². The number of H-pyrrole nitrogens is 1. The number of rotatable bonds is 6. The van der Waals surface area contributed by atoms with Crippen molar-refractivity contribution in [3.63, 3.8) is 0 Å². The maximum absolute atomic E-state index is 12.8. The van der Waals surface area contributed by atoms with Crippen LogP contribution in [0.2, 0.25) is 0 Å². The number of fused-ring (bicyclic) bond motifs is 1. The second kappa shape index (κ2) is 9.46. The molecule has 1 atom stereocenters. The molecule has 2 aliphatic heterocycles. The predicted molar refractivity (Wildman–Crippen MR) is 128 cm³/mol. The molecule has 0 radical (unpaired) electrons. The number of aromatic amines is 1. The van der Waals surface area contributed by atoms with Crippen molar-refractivity contribution in [3.8, 4) is 0 Å². The average Bonchev–Trinajstić information content (AvgIpc) is 3.33. The highest BCUT2D eigenvalue weighted by Gasteiger charge is 2.24. The van der Waals surface area contributed by atoms with Crippen LogP contribution in [0.4, 0.5) is 17.2 Å². The number of hydrogen-bond donors (Lipinski definition) is 3. The summed E-state index contributed by atoms with van der Waals surface area (Å²) in [4.78, 5) is 29.4. The number of hydrogen-bond acceptors (Lipinski definition) is 6. The molecule has 2 aliphatic rings. The van der Waals surface area contributed by atoms with Crippen LogP contribution in [0.1, 0.15) is 32.1 Å². The van der Waals surface area contributed by atoms with Gasteiger partial charge in [-0.2, -0.15) is 0 Å². The lowest BCUT2D eigenvalue weighted by molar-refractivity contribution is -0.120. The summed E-state index contributed by atoms with van der Waals surface area (Å²) in [6.07, 6.45) is 9.25. The van der Waals surface area contributed by atoms with Gasteiger partial charge in [0.05, 0.1) is 23.3 Å². The molecular weight excluding hydrogens is 402 g/mol. The lowest BCUT2D eigenvalue weighted by atomic mass is 10.1. The Kier molecular flexibility index (Phi) is 6.09. The van der Waals surface area contributed by atoms with Crippen molar-refractivity contribution >= 4 is 34.1 Å². The van der Waals surface area contributed by atoms with E-state index in [2.05, 4.69) is 53.6 Å². The van der Waals surface area contributed by atoms with E-state index in [1.807, 2.05) is 18.3 Å². The second-order valence-corrected chi connectivity index (χ2v) is 8.71. The molecule has 8 nitrogen and oxygen atoms in total. The number of para-hydroxylation sites is 2. The highest BCUT2D eigenvalue weighted by molar-refractivity contribution is 5.87. The van der Waals surface area contributed by atoms with Gasteiger partial charge in [0.1, 0.15) is 17.8 Å². The van der Waals surface area contributed by atoms with Gasteiger partial charge in [0.15, 0.2) is 0 Å². The standard InChI is InChI=1S/C24H31N7O/c32-22(15-26-20-8-2-3-9-21(20)30-12-4-1-5-13-30)29-18-7-6-14-31(16-18)24-19-10-11-25-23(19)27-17-28-24/h2-3,8-11,17-18,26H,1,4-7,12-16H2,(H,29,32)(H,25,27,28)/t18-/m1/s1. The summed E-state index contributed by atoms with van der Waals surface area (Å²) in [6.45, 7) is 4.13. The molecule has 8 heteroatoms. The van der Waals surface area contributed by atoms with E-state index in [4.69, 9.17) is 0 Å². The van der Waals surface area contributed by atoms with E-state index in [0.29, 0.717) is 0 Å². The van der Waals surface area contributed by atoms with Gasteiger partial charge in [-0.3, -0.25) is 4.79 Å². The van der Waals surface area contributed by atoms with Crippen LogP contribution in [-0.4, -0.2) is 59.6 Å². The number of aromatic nitrogens is 3. The van der Waals surface area contributed by atoms with E-state index in [0.717, 1.165) is 61.6 Å². The first-order valence-electron chi connectivity index (χ1n) is 11.7. The minimum atomic E-state index is 0.0276. The highest BCUT2D eigenvalue weighted by atomic mass is 16.2. The number of piperidine rings is 2. The monoisotopic (exact) mass is 433 g/mol. The number of anilines is 3. The zero-order valence-electron chi connectivity index (χ0n) is 18.4. The van der Waals surface area contributed by atoms with Crippen molar-refractivity contribution in [3.05, 3.63) is 42.9 Å². The molecule has 1 aromatic carbocycles. The van der Waals surface area contributed by atoms with Crippen LogP contribution < -0.4 is 20.4 Å². The smallest absolute Gasteiger partial charge is 0.239 e. The SMILES string of the molecule is O=C(CNc1ccccc1N1CCCCC1)N[C@@H]1CCCN(c2ncnc3[nH]ccc23)C1. The van der Waals surface area contributed by atoms with Gasteiger partial charge in [0, 0.05) is 38.4 Å². The molecule has 2 saturated heterocycles. The van der Waals surface area contributed by atoms with Crippen molar-refractivity contribution < 1.29 is 4.79 Å². The molecule has 2 fully saturated rings. The highest BCUT2D eigenvalue weighted by Crippen LogP contribution is 2.28. The Morgan fingerprint density at radius 2 is 1.88 bits per heavy atom. The number of carbonyl (C=O) groups excluding carboxylic acids is 1. The zero-order chi connectivity index (χ0) is 21.8. The zero-order valence-corrected chi connectivity index (χ0v) is 18.4. The third-order valence-electron chi connectivity index (χ3n) is 6.46. The summed E-state index contributed by atoms with van der Waals surface area (Å²) in [6, 6.07) is 10.4. The number of carbonyl (C=O) groups is 1. The Balaban J connectivity index is 1.18. The van der Waals surface area contributed by atoms with E-state index in [-0.39, 0.29) is 18.5 Å². The van der Waals surface area contributed by atoms with Gasteiger partial charge >= 0.3 is 0 Å². The normalized spacial score (nSPS) is 19.2. The van der Waals surface area contributed by atoms with Gasteiger partial charge in [-0.05, 0) is 50.3 Å². The van der Waals surface area contributed by atoms with Gasteiger partial charge in [-0.1, -0.05) is 12.1 Å². The Hall–Kier alpha value is -3.29. The Morgan fingerprint density at radius 1 is 1.03 bits per heavy atom. The molecule has 5 rings (SSSR count). The molecule has 0 saturated carbocycles. The third-order valence-corrected chi connectivity index (χ3v) is 6.46. The number of benzene rings is 1. The Bertz CT molecular complexity index is 1060. The van der Waals surface area contributed by atoms with Crippen molar-refractivity contribution in [2.75, 3.05) is 47.8 Å². The third kappa shape index (κ3) is 4.49. The van der Waals surface area contributed by atoms with Crippen molar-refractivity contribution in [1.82, 2.24) is 20.3 Å². The summed E-state index contributed by atoms with van der Waals surface area (Å²) >= 11 is 0. The van der Waals surface area contributed by atoms with Crippen LogP contribution in [0.3, 0.4) is 0 Å². The summed E-state index contributed by atoms with van der Waals surface area (Å²) in [5.74, 6) is 0.962. The van der Waals surface area contributed by atoms with Crippen molar-refractivity contribution in [1.29, 1.82) is 0 Å². The van der Waals surface area contributed by atoms with Gasteiger partial charge in [0.25, 0.3) is 0 Å². The molecule has 0 unspecified atom stereocenters. The van der Waals surface area contributed by atoms with E-state index in [1.54, 1.807) is 6.33 Å². The Labute approximate surface area is 188 Å². The van der Waals surface area contributed by atoms with Crippen LogP contribution in [0.25, 0.3) is 11.0 Å². The lowest BCUT2D eigenvalue weighted by Gasteiger charge is -2.34. The van der Waals surface area contributed by atoms with Crippen LogP contribution in [0, 0.1) is 0 Å². The van der Waals surface area contributed by atoms with Crippen LogP contribution >= 0.6 is 0 Å². The quantitative estimate of drug-likeness (QED) is 0.553. The predicted octanol–water partition coefficient (Wildman–Crippen LogP) is 3.15. The van der Waals surface area contributed by atoms with Crippen LogP contribution in [-0.2, 0) is 4.79 Å². The maximum Gasteiger partial charge on any atom is 0.239 e. The first-order valence-corrected chi connectivity index (χ1v) is 11.7. The van der Waals surface area contributed by atoms with Gasteiger partial charge in [0.2, 0.25) is 5.91 Å². The Morgan fingerprint density at radius 3 is 2.78 bits per heavy atom. The first kappa shape index (κ1) is 20.6. The summed E-state index contributed by atoms with van der Waals surface area (Å²) in [5.41, 5.74) is 3.08. The van der Waals surface area contributed by atoms with Crippen LogP contribution in [0.15, 0.2) is 42.9 Å². The molecule has 0 spiro atoms. The van der Waals surface area contributed by atoms with Crippen LogP contribution in [0.5, 0.6) is 0 Å². The largest absolute Gasteiger partial charge is 0.374 e.